The highest BCUT2D eigenvalue weighted by Gasteiger charge is 2.10. The number of para-hydroxylation sites is 2. The van der Waals surface area contributed by atoms with Crippen molar-refractivity contribution in [2.75, 3.05) is 0 Å². The number of phenols is 1. The molecule has 0 aliphatic heterocycles. The fourth-order valence-corrected chi connectivity index (χ4v) is 2.41. The monoisotopic (exact) mass is 318 g/mol. The van der Waals surface area contributed by atoms with Crippen molar-refractivity contribution in [3.63, 3.8) is 0 Å². The van der Waals surface area contributed by atoms with E-state index < -0.39 is 4.92 Å². The van der Waals surface area contributed by atoms with Gasteiger partial charge in [0.05, 0.1) is 16.2 Å². The first kappa shape index (κ1) is 15.4. The molecule has 0 saturated carbocycles. The summed E-state index contributed by atoms with van der Waals surface area (Å²) in [6.07, 6.45) is 1.49. The molecule has 24 heavy (non-hydrogen) atoms. The largest absolute Gasteiger partial charge is 0.508 e. The van der Waals surface area contributed by atoms with Crippen molar-refractivity contribution in [3.05, 3.63) is 88.5 Å². The molecule has 0 saturated heterocycles. The molecule has 0 bridgehead atoms. The van der Waals surface area contributed by atoms with Crippen LogP contribution in [0.25, 0.3) is 11.1 Å². The lowest BCUT2D eigenvalue weighted by Crippen LogP contribution is -1.93. The molecule has 0 heterocycles. The van der Waals surface area contributed by atoms with E-state index in [0.717, 1.165) is 11.1 Å². The van der Waals surface area contributed by atoms with Crippen molar-refractivity contribution >= 4 is 17.6 Å². The van der Waals surface area contributed by atoms with Crippen LogP contribution < -0.4 is 0 Å². The molecular weight excluding hydrogens is 304 g/mol. The molecule has 0 aliphatic rings. The fourth-order valence-electron chi connectivity index (χ4n) is 2.41. The number of benzene rings is 3. The second kappa shape index (κ2) is 6.75. The van der Waals surface area contributed by atoms with Crippen molar-refractivity contribution in [3.8, 4) is 16.9 Å². The van der Waals surface area contributed by atoms with E-state index in [0.29, 0.717) is 11.3 Å². The van der Waals surface area contributed by atoms with E-state index in [1.54, 1.807) is 36.4 Å². The first-order valence-electron chi connectivity index (χ1n) is 7.31. The van der Waals surface area contributed by atoms with Gasteiger partial charge in [-0.15, -0.1) is 0 Å². The van der Waals surface area contributed by atoms with E-state index in [-0.39, 0.29) is 11.4 Å². The number of nitrogens with zero attached hydrogens (tertiary/aromatic N) is 2. The SMILES string of the molecule is O=[N+]([O-])c1ccccc1C=Nc1ccccc1-c1cccc(O)c1. The number of phenolic OH excluding ortho intramolecular Hbond substituents is 1. The van der Waals surface area contributed by atoms with Crippen molar-refractivity contribution in [2.24, 2.45) is 4.99 Å². The molecule has 1 N–H and O–H groups in total. The van der Waals surface area contributed by atoms with Gasteiger partial charge >= 0.3 is 0 Å². The summed E-state index contributed by atoms with van der Waals surface area (Å²) in [4.78, 5) is 15.1. The van der Waals surface area contributed by atoms with E-state index in [1.165, 1.54) is 12.3 Å². The lowest BCUT2D eigenvalue weighted by Gasteiger charge is -2.06. The summed E-state index contributed by atoms with van der Waals surface area (Å²) < 4.78 is 0. The Morgan fingerprint density at radius 2 is 1.71 bits per heavy atom. The second-order valence-electron chi connectivity index (χ2n) is 5.14. The maximum Gasteiger partial charge on any atom is 0.278 e. The van der Waals surface area contributed by atoms with Crippen LogP contribution in [0.5, 0.6) is 5.75 Å². The van der Waals surface area contributed by atoms with E-state index in [9.17, 15) is 15.2 Å². The normalized spacial score (nSPS) is 10.8. The van der Waals surface area contributed by atoms with E-state index in [2.05, 4.69) is 4.99 Å². The molecule has 5 nitrogen and oxygen atoms in total. The quantitative estimate of drug-likeness (QED) is 0.429. The third kappa shape index (κ3) is 3.30. The highest BCUT2D eigenvalue weighted by Crippen LogP contribution is 2.32. The zero-order valence-electron chi connectivity index (χ0n) is 12.7. The van der Waals surface area contributed by atoms with Crippen LogP contribution in [-0.4, -0.2) is 16.2 Å². The second-order valence-corrected chi connectivity index (χ2v) is 5.14. The van der Waals surface area contributed by atoms with Gasteiger partial charge in [0, 0.05) is 17.8 Å². The van der Waals surface area contributed by atoms with Crippen LogP contribution >= 0.6 is 0 Å². The number of hydrogen-bond acceptors (Lipinski definition) is 4. The number of hydrogen-bond donors (Lipinski definition) is 1. The molecule has 0 amide bonds. The third-order valence-electron chi connectivity index (χ3n) is 3.54. The van der Waals surface area contributed by atoms with Crippen LogP contribution in [0.1, 0.15) is 5.56 Å². The van der Waals surface area contributed by atoms with E-state index >= 15 is 0 Å². The van der Waals surface area contributed by atoms with Gasteiger partial charge in [0.1, 0.15) is 5.75 Å². The van der Waals surface area contributed by atoms with Gasteiger partial charge in [-0.2, -0.15) is 0 Å². The Morgan fingerprint density at radius 1 is 0.958 bits per heavy atom. The molecule has 0 atom stereocenters. The van der Waals surface area contributed by atoms with Crippen LogP contribution in [0.2, 0.25) is 0 Å². The highest BCUT2D eigenvalue weighted by atomic mass is 16.6. The molecule has 0 radical (unpaired) electrons. The van der Waals surface area contributed by atoms with Crippen molar-refractivity contribution < 1.29 is 10.0 Å². The van der Waals surface area contributed by atoms with Crippen LogP contribution in [-0.2, 0) is 0 Å². The minimum atomic E-state index is -0.428. The Bertz CT molecular complexity index is 920. The topological polar surface area (TPSA) is 75.7 Å². The van der Waals surface area contributed by atoms with Crippen molar-refractivity contribution in [1.82, 2.24) is 0 Å². The van der Waals surface area contributed by atoms with Gasteiger partial charge in [0.2, 0.25) is 0 Å². The molecule has 3 aromatic rings. The number of aliphatic imine (C=N–C) groups is 1. The molecule has 0 spiro atoms. The van der Waals surface area contributed by atoms with E-state index in [1.807, 2.05) is 30.3 Å². The van der Waals surface area contributed by atoms with Gasteiger partial charge < -0.3 is 5.11 Å². The number of nitro benzene ring substituents is 1. The van der Waals surface area contributed by atoms with Crippen molar-refractivity contribution in [1.29, 1.82) is 0 Å². The molecule has 3 rings (SSSR count). The lowest BCUT2D eigenvalue weighted by atomic mass is 10.0. The zero-order valence-corrected chi connectivity index (χ0v) is 12.7. The Morgan fingerprint density at radius 3 is 2.50 bits per heavy atom. The predicted octanol–water partition coefficient (Wildman–Crippen LogP) is 4.72. The molecule has 0 aromatic heterocycles. The van der Waals surface area contributed by atoms with Crippen molar-refractivity contribution in [2.45, 2.75) is 0 Å². The fraction of sp³-hybridized carbons (Fsp3) is 0. The molecule has 3 aromatic carbocycles. The van der Waals surface area contributed by atoms with Crippen LogP contribution in [0.4, 0.5) is 11.4 Å². The molecule has 5 heteroatoms. The molecule has 0 unspecified atom stereocenters. The van der Waals surface area contributed by atoms with Crippen LogP contribution in [0.15, 0.2) is 77.8 Å². The average Bonchev–Trinajstić information content (AvgIpc) is 2.60. The molecule has 0 aliphatic carbocycles. The maximum absolute atomic E-state index is 11.1. The van der Waals surface area contributed by atoms with Gasteiger partial charge in [-0.3, -0.25) is 15.1 Å². The molecular formula is C19H14N2O3. The molecule has 0 fully saturated rings. The standard InChI is InChI=1S/C19H14N2O3/c22-16-8-5-7-14(12-16)17-9-2-3-10-18(17)20-13-15-6-1-4-11-19(15)21(23)24/h1-13,22H. The maximum atomic E-state index is 11.1. The molecule has 118 valence electrons. The Hall–Kier alpha value is -3.47. The zero-order chi connectivity index (χ0) is 16.9. The summed E-state index contributed by atoms with van der Waals surface area (Å²) in [6, 6.07) is 20.8. The Kier molecular flexibility index (Phi) is 4.34. The summed E-state index contributed by atoms with van der Waals surface area (Å²) >= 11 is 0. The minimum Gasteiger partial charge on any atom is -0.508 e. The summed E-state index contributed by atoms with van der Waals surface area (Å²) in [7, 11) is 0. The van der Waals surface area contributed by atoms with Crippen LogP contribution in [0.3, 0.4) is 0 Å². The lowest BCUT2D eigenvalue weighted by molar-refractivity contribution is -0.385. The van der Waals surface area contributed by atoms with E-state index in [4.69, 9.17) is 0 Å². The Balaban J connectivity index is 2.02. The van der Waals surface area contributed by atoms with Gasteiger partial charge in [0.25, 0.3) is 5.69 Å². The van der Waals surface area contributed by atoms with Gasteiger partial charge in [0.15, 0.2) is 0 Å². The first-order chi connectivity index (χ1) is 11.6. The number of aromatic hydroxyl groups is 1. The first-order valence-corrected chi connectivity index (χ1v) is 7.31. The number of nitro groups is 1. The summed E-state index contributed by atoms with van der Waals surface area (Å²) in [5.41, 5.74) is 2.78. The third-order valence-corrected chi connectivity index (χ3v) is 3.54. The van der Waals surface area contributed by atoms with Gasteiger partial charge in [-0.1, -0.05) is 42.5 Å². The number of rotatable bonds is 4. The summed E-state index contributed by atoms with van der Waals surface area (Å²) in [6.45, 7) is 0. The minimum absolute atomic E-state index is 0.0103. The van der Waals surface area contributed by atoms with Crippen LogP contribution in [0, 0.1) is 10.1 Å². The average molecular weight is 318 g/mol. The summed E-state index contributed by atoms with van der Waals surface area (Å²) in [5, 5.41) is 20.7. The Labute approximate surface area is 138 Å². The van der Waals surface area contributed by atoms with Gasteiger partial charge in [-0.05, 0) is 29.8 Å². The summed E-state index contributed by atoms with van der Waals surface area (Å²) in [5.74, 6) is 0.171. The predicted molar refractivity (Wildman–Crippen MR) is 93.9 cm³/mol. The highest BCUT2D eigenvalue weighted by molar-refractivity contribution is 5.89. The van der Waals surface area contributed by atoms with Gasteiger partial charge in [-0.25, -0.2) is 0 Å². The smallest absolute Gasteiger partial charge is 0.278 e.